The van der Waals surface area contributed by atoms with Crippen molar-refractivity contribution in [2.75, 3.05) is 13.7 Å². The van der Waals surface area contributed by atoms with Gasteiger partial charge in [0.1, 0.15) is 5.82 Å². The molecular weight excluding hydrogens is 387 g/mol. The van der Waals surface area contributed by atoms with Crippen LogP contribution in [0.4, 0.5) is 4.39 Å². The van der Waals surface area contributed by atoms with E-state index in [0.717, 1.165) is 23.1 Å². The summed E-state index contributed by atoms with van der Waals surface area (Å²) in [5.74, 6) is -0.475. The summed E-state index contributed by atoms with van der Waals surface area (Å²) in [7, 11) is 1.51. The predicted molar refractivity (Wildman–Crippen MR) is 111 cm³/mol. The number of halogens is 1. The molecular formula is C24H27FO5. The zero-order valence-corrected chi connectivity index (χ0v) is 17.4. The number of methoxy groups -OCH3 is 1. The van der Waals surface area contributed by atoms with E-state index in [9.17, 15) is 9.18 Å². The fourth-order valence-electron chi connectivity index (χ4n) is 4.08. The predicted octanol–water partition coefficient (Wildman–Crippen LogP) is 5.12. The normalized spacial score (nSPS) is 23.6. The maximum absolute atomic E-state index is 13.4. The molecule has 3 rings (SSSR count). The first-order valence-electron chi connectivity index (χ1n) is 9.89. The van der Waals surface area contributed by atoms with Crippen LogP contribution >= 0.6 is 0 Å². The lowest BCUT2D eigenvalue weighted by Crippen LogP contribution is -2.34. The lowest BCUT2D eigenvalue weighted by molar-refractivity contribution is -0.139. The molecule has 30 heavy (non-hydrogen) atoms. The van der Waals surface area contributed by atoms with Gasteiger partial charge in [-0.3, -0.25) is 0 Å². The molecule has 1 aliphatic heterocycles. The minimum Gasteiger partial charge on any atom is -0.493 e. The Hall–Kier alpha value is -2.86. The lowest BCUT2D eigenvalue weighted by atomic mass is 9.76. The standard InChI is InChI=1S/C24H27FO5/c1-14(2)19-12-20(16-8-10-17(25)11-9-16)15(3)30-23(19)18-6-5-7-21(28-4)24(18)29-13-22(26)27/h5-11,15,19-20,23H,1,12-13H2,2-4H3,(H,26,27)/t15-,19+,20-,23+/m0/s1. The first-order valence-corrected chi connectivity index (χ1v) is 9.89. The molecule has 0 saturated carbocycles. The van der Waals surface area contributed by atoms with Gasteiger partial charge in [-0.1, -0.05) is 36.4 Å². The number of aliphatic carboxylic acids is 1. The van der Waals surface area contributed by atoms with Gasteiger partial charge in [0.25, 0.3) is 0 Å². The average Bonchev–Trinajstić information content (AvgIpc) is 2.72. The van der Waals surface area contributed by atoms with Crippen molar-refractivity contribution in [3.05, 3.63) is 71.6 Å². The maximum atomic E-state index is 13.4. The summed E-state index contributed by atoms with van der Waals surface area (Å²) in [5, 5.41) is 9.06. The highest BCUT2D eigenvalue weighted by molar-refractivity contribution is 5.68. The minimum absolute atomic E-state index is 0.0319. The van der Waals surface area contributed by atoms with Crippen molar-refractivity contribution >= 4 is 5.97 Å². The summed E-state index contributed by atoms with van der Waals surface area (Å²) in [6.07, 6.45) is 0.255. The van der Waals surface area contributed by atoms with Crippen LogP contribution in [-0.2, 0) is 9.53 Å². The molecule has 6 heteroatoms. The largest absolute Gasteiger partial charge is 0.493 e. The van der Waals surface area contributed by atoms with Crippen molar-refractivity contribution in [1.82, 2.24) is 0 Å². The van der Waals surface area contributed by atoms with E-state index >= 15 is 0 Å². The number of carboxylic acids is 1. The van der Waals surface area contributed by atoms with Crippen molar-refractivity contribution in [3.63, 3.8) is 0 Å². The Morgan fingerprint density at radius 3 is 2.57 bits per heavy atom. The van der Waals surface area contributed by atoms with Crippen LogP contribution in [0.3, 0.4) is 0 Å². The fraction of sp³-hybridized carbons (Fsp3) is 0.375. The fourth-order valence-corrected chi connectivity index (χ4v) is 4.08. The summed E-state index contributed by atoms with van der Waals surface area (Å²) in [6, 6.07) is 11.9. The second kappa shape index (κ2) is 9.30. The molecule has 2 aromatic carbocycles. The Labute approximate surface area is 176 Å². The van der Waals surface area contributed by atoms with Crippen molar-refractivity contribution < 1.29 is 28.5 Å². The van der Waals surface area contributed by atoms with Gasteiger partial charge in [-0.25, -0.2) is 9.18 Å². The second-order valence-corrected chi connectivity index (χ2v) is 7.67. The van der Waals surface area contributed by atoms with Crippen LogP contribution in [0.25, 0.3) is 0 Å². The van der Waals surface area contributed by atoms with E-state index in [0.29, 0.717) is 11.5 Å². The van der Waals surface area contributed by atoms with Crippen LogP contribution < -0.4 is 9.47 Å². The number of benzene rings is 2. The van der Waals surface area contributed by atoms with Gasteiger partial charge in [-0.05, 0) is 44.0 Å². The Morgan fingerprint density at radius 1 is 1.27 bits per heavy atom. The minimum atomic E-state index is -1.07. The maximum Gasteiger partial charge on any atom is 0.341 e. The molecule has 1 N–H and O–H groups in total. The second-order valence-electron chi connectivity index (χ2n) is 7.67. The topological polar surface area (TPSA) is 65.0 Å². The van der Waals surface area contributed by atoms with Gasteiger partial charge in [0.2, 0.25) is 0 Å². The van der Waals surface area contributed by atoms with Gasteiger partial charge in [0, 0.05) is 17.4 Å². The summed E-state index contributed by atoms with van der Waals surface area (Å²) < 4.78 is 30.8. The van der Waals surface area contributed by atoms with E-state index < -0.39 is 12.6 Å². The van der Waals surface area contributed by atoms with Gasteiger partial charge >= 0.3 is 5.97 Å². The molecule has 1 saturated heterocycles. The van der Waals surface area contributed by atoms with Gasteiger partial charge < -0.3 is 19.3 Å². The quantitative estimate of drug-likeness (QED) is 0.637. The molecule has 0 aliphatic carbocycles. The molecule has 4 atom stereocenters. The zero-order valence-electron chi connectivity index (χ0n) is 17.4. The summed E-state index contributed by atoms with van der Waals surface area (Å²) in [6.45, 7) is 7.63. The van der Waals surface area contributed by atoms with Crippen LogP contribution in [0.2, 0.25) is 0 Å². The SMILES string of the molecule is C=C(C)[C@H]1C[C@H](c2ccc(F)cc2)[C@H](C)O[C@@H]1c1cccc(OC)c1OCC(=O)O. The lowest BCUT2D eigenvalue weighted by Gasteiger charge is -2.42. The van der Waals surface area contributed by atoms with Crippen LogP contribution in [0.1, 0.15) is 43.4 Å². The highest BCUT2D eigenvalue weighted by Gasteiger charge is 2.39. The number of hydrogen-bond acceptors (Lipinski definition) is 4. The summed E-state index contributed by atoms with van der Waals surface area (Å²) in [5.41, 5.74) is 2.70. The number of para-hydroxylation sites is 1. The average molecular weight is 414 g/mol. The van der Waals surface area contributed by atoms with Crippen molar-refractivity contribution in [1.29, 1.82) is 0 Å². The monoisotopic (exact) mass is 414 g/mol. The van der Waals surface area contributed by atoms with E-state index in [1.165, 1.54) is 19.2 Å². The van der Waals surface area contributed by atoms with E-state index in [1.54, 1.807) is 18.2 Å². The van der Waals surface area contributed by atoms with Crippen molar-refractivity contribution in [2.24, 2.45) is 5.92 Å². The number of rotatable bonds is 7. The van der Waals surface area contributed by atoms with E-state index in [4.69, 9.17) is 19.3 Å². The van der Waals surface area contributed by atoms with E-state index in [2.05, 4.69) is 6.58 Å². The molecule has 0 unspecified atom stereocenters. The highest BCUT2D eigenvalue weighted by Crippen LogP contribution is 2.49. The molecule has 0 aromatic heterocycles. The Bertz CT molecular complexity index is 908. The first-order chi connectivity index (χ1) is 14.3. The number of ether oxygens (including phenoxy) is 3. The number of hydrogen-bond donors (Lipinski definition) is 1. The van der Waals surface area contributed by atoms with Gasteiger partial charge in [-0.2, -0.15) is 0 Å². The third-order valence-electron chi connectivity index (χ3n) is 5.61. The Morgan fingerprint density at radius 2 is 1.97 bits per heavy atom. The van der Waals surface area contributed by atoms with E-state index in [1.807, 2.05) is 26.0 Å². The summed E-state index contributed by atoms with van der Waals surface area (Å²) in [4.78, 5) is 11.1. The van der Waals surface area contributed by atoms with Crippen LogP contribution in [-0.4, -0.2) is 30.9 Å². The molecule has 1 heterocycles. The summed E-state index contributed by atoms with van der Waals surface area (Å²) >= 11 is 0. The molecule has 2 aromatic rings. The molecule has 0 radical (unpaired) electrons. The third kappa shape index (κ3) is 4.65. The molecule has 0 spiro atoms. The molecule has 160 valence electrons. The Kier molecular flexibility index (Phi) is 6.77. The zero-order chi connectivity index (χ0) is 21.8. The van der Waals surface area contributed by atoms with Gasteiger partial charge in [0.05, 0.1) is 19.3 Å². The molecule has 1 aliphatic rings. The number of carboxylic acid groups (broad SMARTS) is 1. The van der Waals surface area contributed by atoms with Crippen molar-refractivity contribution in [2.45, 2.75) is 38.4 Å². The van der Waals surface area contributed by atoms with Gasteiger partial charge in [-0.15, -0.1) is 0 Å². The van der Waals surface area contributed by atoms with Gasteiger partial charge in [0.15, 0.2) is 18.1 Å². The smallest absolute Gasteiger partial charge is 0.341 e. The molecule has 0 bridgehead atoms. The first kappa shape index (κ1) is 21.8. The van der Waals surface area contributed by atoms with Crippen LogP contribution in [0.5, 0.6) is 11.5 Å². The van der Waals surface area contributed by atoms with Crippen LogP contribution in [0.15, 0.2) is 54.6 Å². The Balaban J connectivity index is 1.97. The molecule has 1 fully saturated rings. The molecule has 5 nitrogen and oxygen atoms in total. The molecule has 0 amide bonds. The number of carbonyl (C=O) groups is 1. The van der Waals surface area contributed by atoms with E-state index in [-0.39, 0.29) is 29.9 Å². The van der Waals surface area contributed by atoms with Crippen LogP contribution in [0, 0.1) is 11.7 Å². The highest BCUT2D eigenvalue weighted by atomic mass is 19.1. The third-order valence-corrected chi connectivity index (χ3v) is 5.61. The van der Waals surface area contributed by atoms with Crippen molar-refractivity contribution in [3.8, 4) is 11.5 Å².